The molecule has 0 aliphatic heterocycles. The normalized spacial score (nSPS) is 11.5. The molecule has 0 saturated carbocycles. The lowest BCUT2D eigenvalue weighted by molar-refractivity contribution is -0.133. The second-order valence-electron chi connectivity index (χ2n) is 4.87. The van der Waals surface area contributed by atoms with Gasteiger partial charge < -0.3 is 10.6 Å². The average Bonchev–Trinajstić information content (AvgIpc) is 2.78. The van der Waals surface area contributed by atoms with Crippen LogP contribution in [-0.4, -0.2) is 45.2 Å². The van der Waals surface area contributed by atoms with Gasteiger partial charge in [-0.3, -0.25) is 4.79 Å². The lowest BCUT2D eigenvalue weighted by atomic mass is 9.93. The Labute approximate surface area is 102 Å². The third-order valence-electron chi connectivity index (χ3n) is 2.67. The van der Waals surface area contributed by atoms with Crippen molar-refractivity contribution in [3.63, 3.8) is 0 Å². The minimum Gasteiger partial charge on any atom is -0.341 e. The second kappa shape index (κ2) is 5.77. The summed E-state index contributed by atoms with van der Waals surface area (Å²) in [5, 5.41) is 3.92. The Morgan fingerprint density at radius 2 is 2.24 bits per heavy atom. The molecule has 0 aromatic carbocycles. The van der Waals surface area contributed by atoms with E-state index in [1.165, 1.54) is 11.0 Å². The Morgan fingerprint density at radius 1 is 1.53 bits per heavy atom. The first-order chi connectivity index (χ1) is 7.98. The zero-order chi connectivity index (χ0) is 12.9. The Kier molecular flexibility index (Phi) is 4.62. The molecule has 96 valence electrons. The van der Waals surface area contributed by atoms with Crippen LogP contribution in [0.4, 0.5) is 0 Å². The second-order valence-corrected chi connectivity index (χ2v) is 4.87. The molecule has 0 aliphatic carbocycles. The number of aromatic nitrogens is 3. The van der Waals surface area contributed by atoms with Gasteiger partial charge in [-0.1, -0.05) is 13.8 Å². The van der Waals surface area contributed by atoms with Gasteiger partial charge in [0.2, 0.25) is 5.91 Å². The van der Waals surface area contributed by atoms with Crippen LogP contribution in [0.3, 0.4) is 0 Å². The number of nitrogens with zero attached hydrogens (tertiary/aromatic N) is 4. The average molecular weight is 239 g/mol. The van der Waals surface area contributed by atoms with E-state index >= 15 is 0 Å². The molecule has 1 aromatic rings. The Bertz CT molecular complexity index is 347. The molecule has 2 N–H and O–H groups in total. The van der Waals surface area contributed by atoms with Gasteiger partial charge in [-0.2, -0.15) is 5.10 Å². The van der Waals surface area contributed by atoms with Crippen LogP contribution in [0.5, 0.6) is 0 Å². The molecule has 1 rings (SSSR count). The number of hydrogen-bond donors (Lipinski definition) is 1. The largest absolute Gasteiger partial charge is 0.341 e. The van der Waals surface area contributed by atoms with Crippen LogP contribution in [0.15, 0.2) is 12.7 Å². The fraction of sp³-hybridized carbons (Fsp3) is 0.727. The third-order valence-corrected chi connectivity index (χ3v) is 2.67. The molecule has 0 saturated heterocycles. The van der Waals surface area contributed by atoms with E-state index in [4.69, 9.17) is 5.73 Å². The van der Waals surface area contributed by atoms with Crippen molar-refractivity contribution < 1.29 is 4.79 Å². The molecule has 0 fully saturated rings. The van der Waals surface area contributed by atoms with Crippen LogP contribution in [0.2, 0.25) is 0 Å². The summed E-state index contributed by atoms with van der Waals surface area (Å²) in [4.78, 5) is 17.6. The standard InChI is InChI=1S/C11H21N5O/c1-4-15(7-11(2,3)6-12)10(17)5-16-9-13-8-14-16/h8-9H,4-7,12H2,1-3H3. The maximum Gasteiger partial charge on any atom is 0.244 e. The number of likely N-dealkylation sites (N-methyl/N-ethyl adjacent to an activating group) is 1. The van der Waals surface area contributed by atoms with Gasteiger partial charge in [0.05, 0.1) is 0 Å². The molecule has 6 heteroatoms. The van der Waals surface area contributed by atoms with Crippen LogP contribution in [-0.2, 0) is 11.3 Å². The predicted molar refractivity (Wildman–Crippen MR) is 65.1 cm³/mol. The van der Waals surface area contributed by atoms with Crippen molar-refractivity contribution in [1.82, 2.24) is 19.7 Å². The summed E-state index contributed by atoms with van der Waals surface area (Å²) in [6.07, 6.45) is 2.97. The van der Waals surface area contributed by atoms with Crippen molar-refractivity contribution in [2.24, 2.45) is 11.1 Å². The van der Waals surface area contributed by atoms with Crippen LogP contribution < -0.4 is 5.73 Å². The first-order valence-corrected chi connectivity index (χ1v) is 5.79. The molecule has 1 amide bonds. The third kappa shape index (κ3) is 4.14. The number of nitrogens with two attached hydrogens (primary N) is 1. The fourth-order valence-corrected chi connectivity index (χ4v) is 1.51. The minimum absolute atomic E-state index is 0.0412. The maximum absolute atomic E-state index is 12.0. The van der Waals surface area contributed by atoms with Crippen LogP contribution in [0, 0.1) is 5.41 Å². The predicted octanol–water partition coefficient (Wildman–Crippen LogP) is 0.112. The Hall–Kier alpha value is -1.43. The molecule has 0 spiro atoms. The molecule has 0 radical (unpaired) electrons. The molecule has 0 atom stereocenters. The van der Waals surface area contributed by atoms with Gasteiger partial charge in [0.25, 0.3) is 0 Å². The summed E-state index contributed by atoms with van der Waals surface area (Å²) in [5.74, 6) is 0.0412. The first-order valence-electron chi connectivity index (χ1n) is 5.79. The van der Waals surface area contributed by atoms with Gasteiger partial charge in [-0.25, -0.2) is 9.67 Å². The molecule has 17 heavy (non-hydrogen) atoms. The van der Waals surface area contributed by atoms with Gasteiger partial charge in [0.1, 0.15) is 19.2 Å². The fourth-order valence-electron chi connectivity index (χ4n) is 1.51. The van der Waals surface area contributed by atoms with Gasteiger partial charge in [-0.15, -0.1) is 0 Å². The molecule has 1 aromatic heterocycles. The monoisotopic (exact) mass is 239 g/mol. The van der Waals surface area contributed by atoms with E-state index < -0.39 is 0 Å². The van der Waals surface area contributed by atoms with Crippen molar-refractivity contribution in [2.75, 3.05) is 19.6 Å². The number of hydrogen-bond acceptors (Lipinski definition) is 4. The Morgan fingerprint density at radius 3 is 2.71 bits per heavy atom. The zero-order valence-electron chi connectivity index (χ0n) is 10.8. The van der Waals surface area contributed by atoms with E-state index in [-0.39, 0.29) is 17.9 Å². The van der Waals surface area contributed by atoms with Crippen molar-refractivity contribution in [1.29, 1.82) is 0 Å². The maximum atomic E-state index is 12.0. The quantitative estimate of drug-likeness (QED) is 0.764. The molecule has 1 heterocycles. The Balaban J connectivity index is 2.58. The van der Waals surface area contributed by atoms with E-state index in [1.54, 1.807) is 11.2 Å². The van der Waals surface area contributed by atoms with Gasteiger partial charge in [-0.05, 0) is 18.9 Å². The summed E-state index contributed by atoms with van der Waals surface area (Å²) < 4.78 is 1.53. The zero-order valence-corrected chi connectivity index (χ0v) is 10.8. The number of carbonyl (C=O) groups excluding carboxylic acids is 1. The van der Waals surface area contributed by atoms with Crippen molar-refractivity contribution in [2.45, 2.75) is 27.3 Å². The number of carbonyl (C=O) groups is 1. The first kappa shape index (κ1) is 13.6. The van der Waals surface area contributed by atoms with Crippen molar-refractivity contribution >= 4 is 5.91 Å². The molecule has 0 aliphatic rings. The van der Waals surface area contributed by atoms with Crippen molar-refractivity contribution in [3.05, 3.63) is 12.7 Å². The lowest BCUT2D eigenvalue weighted by Gasteiger charge is -2.31. The van der Waals surface area contributed by atoms with Crippen LogP contribution in [0.25, 0.3) is 0 Å². The SMILES string of the molecule is CCN(CC(C)(C)CN)C(=O)Cn1cncn1. The highest BCUT2D eigenvalue weighted by molar-refractivity contribution is 5.75. The highest BCUT2D eigenvalue weighted by Gasteiger charge is 2.22. The van der Waals surface area contributed by atoms with Crippen molar-refractivity contribution in [3.8, 4) is 0 Å². The van der Waals surface area contributed by atoms with E-state index in [0.717, 1.165) is 0 Å². The van der Waals surface area contributed by atoms with Gasteiger partial charge >= 0.3 is 0 Å². The van der Waals surface area contributed by atoms with Gasteiger partial charge in [0, 0.05) is 13.1 Å². The minimum atomic E-state index is -0.0615. The highest BCUT2D eigenvalue weighted by Crippen LogP contribution is 2.14. The van der Waals surface area contributed by atoms with Crippen LogP contribution >= 0.6 is 0 Å². The highest BCUT2D eigenvalue weighted by atomic mass is 16.2. The molecule has 0 bridgehead atoms. The summed E-state index contributed by atoms with van der Waals surface area (Å²) in [6, 6.07) is 0. The molecule has 6 nitrogen and oxygen atoms in total. The summed E-state index contributed by atoms with van der Waals surface area (Å²) in [7, 11) is 0. The van der Waals surface area contributed by atoms with E-state index in [9.17, 15) is 4.79 Å². The molecular formula is C11H21N5O. The molecular weight excluding hydrogens is 218 g/mol. The summed E-state index contributed by atoms with van der Waals surface area (Å²) >= 11 is 0. The summed E-state index contributed by atoms with van der Waals surface area (Å²) in [6.45, 7) is 8.20. The van der Waals surface area contributed by atoms with Gasteiger partial charge in [0.15, 0.2) is 0 Å². The lowest BCUT2D eigenvalue weighted by Crippen LogP contribution is -2.43. The smallest absolute Gasteiger partial charge is 0.244 e. The summed E-state index contributed by atoms with van der Waals surface area (Å²) in [5.41, 5.74) is 5.62. The molecule has 0 unspecified atom stereocenters. The van der Waals surface area contributed by atoms with E-state index in [2.05, 4.69) is 23.9 Å². The van der Waals surface area contributed by atoms with E-state index in [0.29, 0.717) is 19.6 Å². The van der Waals surface area contributed by atoms with Crippen LogP contribution in [0.1, 0.15) is 20.8 Å². The number of rotatable bonds is 6. The topological polar surface area (TPSA) is 77.0 Å². The van der Waals surface area contributed by atoms with E-state index in [1.807, 2.05) is 6.92 Å². The number of amides is 1.